The highest BCUT2D eigenvalue weighted by atomic mass is 16.4. The highest BCUT2D eigenvalue weighted by molar-refractivity contribution is 5.72. The summed E-state index contributed by atoms with van der Waals surface area (Å²) in [5.41, 5.74) is 5.20. The van der Waals surface area contributed by atoms with Gasteiger partial charge in [-0.25, -0.2) is 0 Å². The lowest BCUT2D eigenvalue weighted by atomic mass is 9.91. The summed E-state index contributed by atoms with van der Waals surface area (Å²) >= 11 is 0. The number of carboxylic acids is 1. The van der Waals surface area contributed by atoms with Crippen molar-refractivity contribution in [3.05, 3.63) is 0 Å². The molecule has 0 radical (unpaired) electrons. The van der Waals surface area contributed by atoms with Crippen LogP contribution in [0.2, 0.25) is 0 Å². The molecule has 0 amide bonds. The van der Waals surface area contributed by atoms with Gasteiger partial charge in [0.25, 0.3) is 0 Å². The number of hydrogen-bond donors (Lipinski definition) is 3. The van der Waals surface area contributed by atoms with Crippen molar-refractivity contribution >= 4 is 5.97 Å². The number of nitrogens with two attached hydrogens (primary N) is 1. The third-order valence-electron chi connectivity index (χ3n) is 4.87. The van der Waals surface area contributed by atoms with E-state index in [0.717, 1.165) is 24.9 Å². The average Bonchev–Trinajstić information content (AvgIpc) is 2.55. The van der Waals surface area contributed by atoms with Crippen molar-refractivity contribution < 1.29 is 9.90 Å². The Labute approximate surface area is 136 Å². The first-order valence-corrected chi connectivity index (χ1v) is 9.38. The van der Waals surface area contributed by atoms with Crippen LogP contribution in [0.25, 0.3) is 0 Å². The maximum Gasteiger partial charge on any atom is 0.320 e. The molecule has 2 rings (SSSR count). The summed E-state index contributed by atoms with van der Waals surface area (Å²) in [6.07, 6.45) is 17.1. The van der Waals surface area contributed by atoms with Gasteiger partial charge >= 0.3 is 5.97 Å². The standard InChI is InChI=1S/C12H23N.C6H13NO2/c1-3-7-11(8-4-1)13-12-9-5-2-6-10-12;1-2-3-4-5(7)6(8)9/h11-13H,1-10H2;5H,2-4,7H2,1H3,(H,8,9). The smallest absolute Gasteiger partial charge is 0.320 e. The Kier molecular flexibility index (Phi) is 10.5. The van der Waals surface area contributed by atoms with E-state index in [-0.39, 0.29) is 0 Å². The fraction of sp³-hybridized carbons (Fsp3) is 0.944. The number of carboxylic acid groups (broad SMARTS) is 1. The van der Waals surface area contributed by atoms with Crippen LogP contribution in [0.15, 0.2) is 0 Å². The van der Waals surface area contributed by atoms with E-state index in [2.05, 4.69) is 5.32 Å². The molecule has 1 unspecified atom stereocenters. The van der Waals surface area contributed by atoms with Crippen molar-refractivity contribution in [2.24, 2.45) is 5.73 Å². The lowest BCUT2D eigenvalue weighted by Gasteiger charge is -2.30. The van der Waals surface area contributed by atoms with Crippen molar-refractivity contribution in [1.29, 1.82) is 0 Å². The van der Waals surface area contributed by atoms with E-state index in [1.807, 2.05) is 6.92 Å². The first kappa shape index (κ1) is 19.4. The molecule has 2 aliphatic carbocycles. The molecular weight excluding hydrogens is 276 g/mol. The molecule has 2 aliphatic rings. The van der Waals surface area contributed by atoms with Gasteiger partial charge in [0.2, 0.25) is 0 Å². The zero-order chi connectivity index (χ0) is 16.2. The minimum absolute atomic E-state index is 0.589. The second-order valence-corrected chi connectivity index (χ2v) is 6.92. The summed E-state index contributed by atoms with van der Waals surface area (Å²) in [6, 6.07) is 1.08. The van der Waals surface area contributed by atoms with E-state index < -0.39 is 12.0 Å². The quantitative estimate of drug-likeness (QED) is 0.696. The molecular formula is C18H36N2O2. The maximum atomic E-state index is 10.1. The lowest BCUT2D eigenvalue weighted by molar-refractivity contribution is -0.138. The van der Waals surface area contributed by atoms with Gasteiger partial charge in [-0.1, -0.05) is 58.3 Å². The Morgan fingerprint density at radius 1 is 1.05 bits per heavy atom. The highest BCUT2D eigenvalue weighted by Crippen LogP contribution is 2.22. The Hall–Kier alpha value is -0.610. The zero-order valence-electron chi connectivity index (χ0n) is 14.4. The van der Waals surface area contributed by atoms with Crippen LogP contribution in [0, 0.1) is 0 Å². The van der Waals surface area contributed by atoms with E-state index in [9.17, 15) is 4.79 Å². The molecule has 4 heteroatoms. The Balaban J connectivity index is 0.000000239. The van der Waals surface area contributed by atoms with Crippen molar-refractivity contribution in [3.63, 3.8) is 0 Å². The summed E-state index contributed by atoms with van der Waals surface area (Å²) in [5, 5.41) is 12.1. The fourth-order valence-corrected chi connectivity index (χ4v) is 3.42. The van der Waals surface area contributed by atoms with Gasteiger partial charge in [0.05, 0.1) is 0 Å². The third kappa shape index (κ3) is 8.74. The van der Waals surface area contributed by atoms with Crippen molar-refractivity contribution in [3.8, 4) is 0 Å². The molecule has 4 nitrogen and oxygen atoms in total. The van der Waals surface area contributed by atoms with E-state index in [1.165, 1.54) is 64.2 Å². The minimum atomic E-state index is -0.900. The summed E-state index contributed by atoms with van der Waals surface area (Å²) in [6.45, 7) is 2.01. The molecule has 0 aliphatic heterocycles. The van der Waals surface area contributed by atoms with Crippen LogP contribution in [-0.4, -0.2) is 29.2 Å². The van der Waals surface area contributed by atoms with E-state index in [4.69, 9.17) is 10.8 Å². The molecule has 130 valence electrons. The summed E-state index contributed by atoms with van der Waals surface area (Å²) in [5.74, 6) is -0.900. The Morgan fingerprint density at radius 2 is 1.50 bits per heavy atom. The number of unbranched alkanes of at least 4 members (excludes halogenated alkanes) is 1. The van der Waals surface area contributed by atoms with E-state index >= 15 is 0 Å². The zero-order valence-corrected chi connectivity index (χ0v) is 14.4. The molecule has 2 saturated carbocycles. The molecule has 0 aromatic heterocycles. The SMILES string of the molecule is C1CCC(NC2CCCCC2)CC1.CCCCC(N)C(=O)O. The van der Waals surface area contributed by atoms with Gasteiger partial charge in [-0.2, -0.15) is 0 Å². The van der Waals surface area contributed by atoms with Crippen LogP contribution in [0.1, 0.15) is 90.4 Å². The molecule has 0 aromatic carbocycles. The van der Waals surface area contributed by atoms with Crippen LogP contribution >= 0.6 is 0 Å². The van der Waals surface area contributed by atoms with Gasteiger partial charge in [0, 0.05) is 12.1 Å². The number of nitrogens with one attached hydrogen (secondary N) is 1. The van der Waals surface area contributed by atoms with Crippen molar-refractivity contribution in [1.82, 2.24) is 5.32 Å². The molecule has 0 bridgehead atoms. The largest absolute Gasteiger partial charge is 0.480 e. The number of rotatable bonds is 6. The normalized spacial score (nSPS) is 21.7. The van der Waals surface area contributed by atoms with Crippen LogP contribution in [0.4, 0.5) is 0 Å². The van der Waals surface area contributed by atoms with Gasteiger partial charge in [-0.05, 0) is 32.1 Å². The fourth-order valence-electron chi connectivity index (χ4n) is 3.42. The molecule has 0 heterocycles. The highest BCUT2D eigenvalue weighted by Gasteiger charge is 2.19. The predicted octanol–water partition coefficient (Wildman–Crippen LogP) is 3.83. The summed E-state index contributed by atoms with van der Waals surface area (Å²) in [7, 11) is 0. The molecule has 0 saturated heterocycles. The predicted molar refractivity (Wildman–Crippen MR) is 92.0 cm³/mol. The van der Waals surface area contributed by atoms with Crippen molar-refractivity contribution in [2.75, 3.05) is 0 Å². The van der Waals surface area contributed by atoms with Gasteiger partial charge < -0.3 is 16.2 Å². The van der Waals surface area contributed by atoms with Gasteiger partial charge in [0.15, 0.2) is 0 Å². The van der Waals surface area contributed by atoms with Gasteiger partial charge in [-0.3, -0.25) is 4.79 Å². The lowest BCUT2D eigenvalue weighted by Crippen LogP contribution is -2.40. The molecule has 0 aromatic rings. The molecule has 4 N–H and O–H groups in total. The number of hydrogen-bond acceptors (Lipinski definition) is 3. The van der Waals surface area contributed by atoms with Crippen LogP contribution in [-0.2, 0) is 4.79 Å². The Bertz CT molecular complexity index is 269. The van der Waals surface area contributed by atoms with Gasteiger partial charge in [-0.15, -0.1) is 0 Å². The number of carbonyl (C=O) groups is 1. The maximum absolute atomic E-state index is 10.1. The molecule has 0 spiro atoms. The third-order valence-corrected chi connectivity index (χ3v) is 4.87. The van der Waals surface area contributed by atoms with Crippen LogP contribution in [0.5, 0.6) is 0 Å². The summed E-state index contributed by atoms with van der Waals surface area (Å²) in [4.78, 5) is 10.1. The monoisotopic (exact) mass is 312 g/mol. The van der Waals surface area contributed by atoms with E-state index in [1.54, 1.807) is 0 Å². The van der Waals surface area contributed by atoms with Crippen molar-refractivity contribution in [2.45, 2.75) is 109 Å². The minimum Gasteiger partial charge on any atom is -0.480 e. The van der Waals surface area contributed by atoms with Gasteiger partial charge in [0.1, 0.15) is 6.04 Å². The molecule has 22 heavy (non-hydrogen) atoms. The topological polar surface area (TPSA) is 75.3 Å². The summed E-state index contributed by atoms with van der Waals surface area (Å²) < 4.78 is 0. The Morgan fingerprint density at radius 3 is 1.86 bits per heavy atom. The first-order chi connectivity index (χ1) is 10.6. The second-order valence-electron chi connectivity index (χ2n) is 6.92. The average molecular weight is 312 g/mol. The molecule has 2 fully saturated rings. The first-order valence-electron chi connectivity index (χ1n) is 9.38. The molecule has 1 atom stereocenters. The van der Waals surface area contributed by atoms with E-state index in [0.29, 0.717) is 6.42 Å². The number of aliphatic carboxylic acids is 1. The van der Waals surface area contributed by atoms with Crippen LogP contribution in [0.3, 0.4) is 0 Å². The van der Waals surface area contributed by atoms with Crippen LogP contribution < -0.4 is 11.1 Å². The second kappa shape index (κ2) is 11.9.